The molecule has 1 atom stereocenters. The second-order valence-corrected chi connectivity index (χ2v) is 7.46. The molecular weight excluding hydrogens is 401 g/mol. The number of rotatable bonds is 6. The molecule has 8 nitrogen and oxygen atoms in total. The van der Waals surface area contributed by atoms with Crippen LogP contribution in [0.2, 0.25) is 0 Å². The zero-order chi connectivity index (χ0) is 22.5. The van der Waals surface area contributed by atoms with Crippen LogP contribution in [0.4, 0.5) is 10.2 Å². The van der Waals surface area contributed by atoms with Gasteiger partial charge in [0, 0.05) is 49.7 Å². The Kier molecular flexibility index (Phi) is 6.74. The van der Waals surface area contributed by atoms with Gasteiger partial charge in [0.05, 0.1) is 0 Å². The maximum atomic E-state index is 13.0. The minimum atomic E-state index is -0.683. The van der Waals surface area contributed by atoms with E-state index in [0.717, 1.165) is 5.56 Å². The van der Waals surface area contributed by atoms with Crippen LogP contribution in [0.15, 0.2) is 47.9 Å². The van der Waals surface area contributed by atoms with E-state index < -0.39 is 12.0 Å². The number of amides is 2. The molecule has 0 aliphatic carbocycles. The molecule has 0 aromatic carbocycles. The number of hydrogen-bond acceptors (Lipinski definition) is 6. The molecule has 0 spiro atoms. The highest BCUT2D eigenvalue weighted by molar-refractivity contribution is 6.00. The predicted octanol–water partition coefficient (Wildman–Crippen LogP) is 2.25. The van der Waals surface area contributed by atoms with Crippen LogP contribution in [0.5, 0.6) is 0 Å². The maximum absolute atomic E-state index is 13.0. The SMILES string of the molecule is CC(C(=O)Nc1ccc(-c2ccc(F)nc2)cn1)N1CCCC(C=O)=C1C(=O)N(C)C. The Hall–Kier alpha value is -3.62. The fraction of sp³-hybridized carbons (Fsp3) is 0.318. The number of carbonyl (C=O) groups is 3. The molecule has 0 radical (unpaired) electrons. The van der Waals surface area contributed by atoms with E-state index in [-0.39, 0.29) is 17.5 Å². The molecule has 31 heavy (non-hydrogen) atoms. The first-order valence-electron chi connectivity index (χ1n) is 9.87. The predicted molar refractivity (Wildman–Crippen MR) is 113 cm³/mol. The van der Waals surface area contributed by atoms with Crippen molar-refractivity contribution < 1.29 is 18.8 Å². The summed E-state index contributed by atoms with van der Waals surface area (Å²) in [5.74, 6) is -0.879. The van der Waals surface area contributed by atoms with Crippen molar-refractivity contribution in [2.75, 3.05) is 26.0 Å². The van der Waals surface area contributed by atoms with E-state index in [9.17, 15) is 18.8 Å². The topological polar surface area (TPSA) is 95.5 Å². The van der Waals surface area contributed by atoms with Crippen LogP contribution in [-0.4, -0.2) is 64.6 Å². The smallest absolute Gasteiger partial charge is 0.270 e. The van der Waals surface area contributed by atoms with Gasteiger partial charge in [-0.3, -0.25) is 14.4 Å². The molecule has 0 bridgehead atoms. The highest BCUT2D eigenvalue weighted by atomic mass is 19.1. The summed E-state index contributed by atoms with van der Waals surface area (Å²) in [5, 5.41) is 2.75. The number of aromatic nitrogens is 2. The fourth-order valence-electron chi connectivity index (χ4n) is 3.39. The summed E-state index contributed by atoms with van der Waals surface area (Å²) in [6.45, 7) is 2.18. The van der Waals surface area contributed by atoms with Gasteiger partial charge in [-0.25, -0.2) is 9.97 Å². The summed E-state index contributed by atoms with van der Waals surface area (Å²) in [6.07, 6.45) is 4.84. The molecule has 0 fully saturated rings. The van der Waals surface area contributed by atoms with Crippen LogP contribution in [0.25, 0.3) is 11.1 Å². The van der Waals surface area contributed by atoms with Crippen molar-refractivity contribution in [3.8, 4) is 11.1 Å². The third-order valence-electron chi connectivity index (χ3n) is 5.11. The van der Waals surface area contributed by atoms with E-state index in [2.05, 4.69) is 15.3 Å². The van der Waals surface area contributed by atoms with Gasteiger partial charge in [-0.1, -0.05) is 0 Å². The molecule has 1 aliphatic heterocycles. The molecule has 2 amide bonds. The number of likely N-dealkylation sites (N-methyl/N-ethyl adjacent to an activating group) is 1. The normalized spacial score (nSPS) is 14.8. The van der Waals surface area contributed by atoms with Crippen LogP contribution in [0.1, 0.15) is 19.8 Å². The van der Waals surface area contributed by atoms with Crippen LogP contribution in [0, 0.1) is 5.95 Å². The molecule has 3 rings (SSSR count). The second-order valence-electron chi connectivity index (χ2n) is 7.46. The zero-order valence-electron chi connectivity index (χ0n) is 17.6. The van der Waals surface area contributed by atoms with E-state index in [1.165, 1.54) is 17.2 Å². The Morgan fingerprint density at radius 3 is 2.39 bits per heavy atom. The molecule has 1 aliphatic rings. The molecule has 3 heterocycles. The first-order chi connectivity index (χ1) is 14.8. The summed E-state index contributed by atoms with van der Waals surface area (Å²) in [4.78, 5) is 47.9. The zero-order valence-corrected chi connectivity index (χ0v) is 17.6. The highest BCUT2D eigenvalue weighted by Crippen LogP contribution is 2.25. The van der Waals surface area contributed by atoms with Gasteiger partial charge < -0.3 is 15.1 Å². The van der Waals surface area contributed by atoms with E-state index >= 15 is 0 Å². The summed E-state index contributed by atoms with van der Waals surface area (Å²) in [7, 11) is 3.22. The van der Waals surface area contributed by atoms with Crippen molar-refractivity contribution in [3.05, 3.63) is 53.9 Å². The van der Waals surface area contributed by atoms with Gasteiger partial charge in [-0.15, -0.1) is 0 Å². The number of nitrogens with zero attached hydrogens (tertiary/aromatic N) is 4. The monoisotopic (exact) mass is 425 g/mol. The molecule has 0 saturated carbocycles. The van der Waals surface area contributed by atoms with E-state index in [4.69, 9.17) is 0 Å². The summed E-state index contributed by atoms with van der Waals surface area (Å²) >= 11 is 0. The van der Waals surface area contributed by atoms with Crippen molar-refractivity contribution in [1.29, 1.82) is 0 Å². The minimum Gasteiger partial charge on any atom is -0.355 e. The molecule has 9 heteroatoms. The van der Waals surface area contributed by atoms with Crippen molar-refractivity contribution in [2.24, 2.45) is 0 Å². The standard InChI is InChI=1S/C22H24FN5O3/c1-14(28-10-4-5-17(13-29)20(28)22(31)27(2)3)21(30)26-19-9-7-16(12-25-19)15-6-8-18(23)24-11-15/h6-9,11-14H,4-5,10H2,1-3H3,(H,25,26,30). The third-order valence-corrected chi connectivity index (χ3v) is 5.11. The number of allylic oxidation sites excluding steroid dienone is 1. The molecule has 1 unspecified atom stereocenters. The molecule has 1 N–H and O–H groups in total. The molecule has 0 saturated heterocycles. The van der Waals surface area contributed by atoms with Crippen molar-refractivity contribution >= 4 is 23.9 Å². The molecular formula is C22H24FN5O3. The molecule has 2 aromatic heterocycles. The van der Waals surface area contributed by atoms with E-state index in [0.29, 0.717) is 42.6 Å². The van der Waals surface area contributed by atoms with Crippen LogP contribution in [0.3, 0.4) is 0 Å². The summed E-state index contributed by atoms with van der Waals surface area (Å²) in [5.41, 5.74) is 2.10. The van der Waals surface area contributed by atoms with E-state index in [1.54, 1.807) is 50.3 Å². The lowest BCUT2D eigenvalue weighted by molar-refractivity contribution is -0.128. The number of nitrogens with one attached hydrogen (secondary N) is 1. The average Bonchev–Trinajstić information content (AvgIpc) is 2.78. The Morgan fingerprint density at radius 1 is 1.16 bits per heavy atom. The Labute approximate surface area is 179 Å². The van der Waals surface area contributed by atoms with Crippen molar-refractivity contribution in [1.82, 2.24) is 19.8 Å². The highest BCUT2D eigenvalue weighted by Gasteiger charge is 2.32. The second kappa shape index (κ2) is 9.46. The third kappa shape index (κ3) is 4.93. The summed E-state index contributed by atoms with van der Waals surface area (Å²) < 4.78 is 13.0. The first-order valence-corrected chi connectivity index (χ1v) is 9.87. The van der Waals surface area contributed by atoms with Gasteiger partial charge in [-0.05, 0) is 44.0 Å². The molecule has 2 aromatic rings. The number of halogens is 1. The lowest BCUT2D eigenvalue weighted by atomic mass is 10.00. The molecule has 162 valence electrons. The van der Waals surface area contributed by atoms with Crippen LogP contribution < -0.4 is 5.32 Å². The Bertz CT molecular complexity index is 1000. The Morgan fingerprint density at radius 2 is 1.84 bits per heavy atom. The van der Waals surface area contributed by atoms with Gasteiger partial charge in [0.1, 0.15) is 23.8 Å². The van der Waals surface area contributed by atoms with Gasteiger partial charge in [0.25, 0.3) is 5.91 Å². The van der Waals surface area contributed by atoms with Gasteiger partial charge in [-0.2, -0.15) is 4.39 Å². The largest absolute Gasteiger partial charge is 0.355 e. The van der Waals surface area contributed by atoms with Gasteiger partial charge in [0.2, 0.25) is 11.9 Å². The average molecular weight is 425 g/mol. The van der Waals surface area contributed by atoms with Crippen molar-refractivity contribution in [3.63, 3.8) is 0 Å². The number of anilines is 1. The number of hydrogen-bond donors (Lipinski definition) is 1. The van der Waals surface area contributed by atoms with Crippen LogP contribution in [-0.2, 0) is 14.4 Å². The lowest BCUT2D eigenvalue weighted by Gasteiger charge is -2.36. The number of pyridine rings is 2. The van der Waals surface area contributed by atoms with Gasteiger partial charge in [0.15, 0.2) is 0 Å². The van der Waals surface area contributed by atoms with E-state index in [1.807, 2.05) is 0 Å². The number of aldehydes is 1. The Balaban J connectivity index is 1.75. The first kappa shape index (κ1) is 22.1. The summed E-state index contributed by atoms with van der Waals surface area (Å²) in [6, 6.07) is 5.55. The van der Waals surface area contributed by atoms with Crippen LogP contribution >= 0.6 is 0 Å². The quantitative estimate of drug-likeness (QED) is 0.563. The van der Waals surface area contributed by atoms with Gasteiger partial charge >= 0.3 is 0 Å². The minimum absolute atomic E-state index is 0.265. The maximum Gasteiger partial charge on any atom is 0.270 e. The lowest BCUT2D eigenvalue weighted by Crippen LogP contribution is -2.47. The fourth-order valence-corrected chi connectivity index (χ4v) is 3.39. The van der Waals surface area contributed by atoms with Crippen molar-refractivity contribution in [2.45, 2.75) is 25.8 Å². The number of carbonyl (C=O) groups excluding carboxylic acids is 3.